The second-order valence-electron chi connectivity index (χ2n) is 13.2. The number of hydrogen-bond acceptors (Lipinski definition) is 3. The van der Waals surface area contributed by atoms with Crippen LogP contribution in [0.4, 0.5) is 17.1 Å². The van der Waals surface area contributed by atoms with Crippen molar-refractivity contribution in [2.45, 2.75) is 19.3 Å². The highest BCUT2D eigenvalue weighted by Gasteiger charge is 2.38. The molecule has 0 unspecified atom stereocenters. The molecule has 0 saturated carbocycles. The van der Waals surface area contributed by atoms with E-state index in [4.69, 9.17) is 0 Å². The number of benzene rings is 5. The van der Waals surface area contributed by atoms with Gasteiger partial charge in [0.25, 0.3) is 0 Å². The van der Waals surface area contributed by atoms with Gasteiger partial charge in [0.15, 0.2) is 0 Å². The molecule has 1 aliphatic rings. The van der Waals surface area contributed by atoms with Gasteiger partial charge in [-0.05, 0) is 88.0 Å². The second kappa shape index (κ2) is 11.5. The quantitative estimate of drug-likeness (QED) is 0.171. The Hall–Kier alpha value is -6.26. The first-order valence-corrected chi connectivity index (χ1v) is 16.7. The molecule has 9 rings (SSSR count). The minimum Gasteiger partial charge on any atom is -0.309 e. The summed E-state index contributed by atoms with van der Waals surface area (Å²) in [6.07, 6.45) is 11.8. The lowest BCUT2D eigenvalue weighted by Crippen LogP contribution is -2.16. The fourth-order valence-corrected chi connectivity index (χ4v) is 7.66. The summed E-state index contributed by atoms with van der Waals surface area (Å²) in [6, 6.07) is 47.8. The Bertz CT molecular complexity index is 2460. The SMILES string of the molecule is CC1(C)c2cc(/C=C/c3ccc(N(c4cccnc4)c4cccnc4)cc3)ccc2-c2ccc3c4ccccc4n(-c4ccccc4)c3c21. The van der Waals surface area contributed by atoms with E-state index in [1.807, 2.05) is 24.5 Å². The van der Waals surface area contributed by atoms with Crippen LogP contribution >= 0.6 is 0 Å². The van der Waals surface area contributed by atoms with Crippen LogP contribution in [0.3, 0.4) is 0 Å². The molecule has 3 heterocycles. The average Bonchev–Trinajstić information content (AvgIpc) is 3.61. The molecule has 234 valence electrons. The fourth-order valence-electron chi connectivity index (χ4n) is 7.66. The minimum absolute atomic E-state index is 0.182. The van der Waals surface area contributed by atoms with Gasteiger partial charge in [0.05, 0.1) is 34.8 Å². The Labute approximate surface area is 286 Å². The van der Waals surface area contributed by atoms with Crippen LogP contribution in [0.15, 0.2) is 158 Å². The van der Waals surface area contributed by atoms with Crippen molar-refractivity contribution < 1.29 is 0 Å². The highest BCUT2D eigenvalue weighted by molar-refractivity contribution is 6.13. The van der Waals surface area contributed by atoms with E-state index in [1.54, 1.807) is 12.4 Å². The number of fused-ring (bicyclic) bond motifs is 7. The smallest absolute Gasteiger partial charge is 0.0645 e. The van der Waals surface area contributed by atoms with Gasteiger partial charge in [-0.15, -0.1) is 0 Å². The van der Waals surface area contributed by atoms with Crippen LogP contribution in [-0.4, -0.2) is 14.5 Å². The van der Waals surface area contributed by atoms with Crippen LogP contribution in [0, 0.1) is 0 Å². The van der Waals surface area contributed by atoms with Crippen molar-refractivity contribution in [2.24, 2.45) is 0 Å². The van der Waals surface area contributed by atoms with Gasteiger partial charge in [-0.2, -0.15) is 0 Å². The summed E-state index contributed by atoms with van der Waals surface area (Å²) in [5.41, 5.74) is 14.3. The van der Waals surface area contributed by atoms with Crippen molar-refractivity contribution in [2.75, 3.05) is 4.90 Å². The van der Waals surface area contributed by atoms with Crippen LogP contribution in [0.25, 0.3) is 50.8 Å². The molecule has 0 aliphatic heterocycles. The van der Waals surface area contributed by atoms with Gasteiger partial charge >= 0.3 is 0 Å². The zero-order valence-corrected chi connectivity index (χ0v) is 27.5. The lowest BCUT2D eigenvalue weighted by molar-refractivity contribution is 0.663. The first-order valence-electron chi connectivity index (χ1n) is 16.7. The summed E-state index contributed by atoms with van der Waals surface area (Å²) >= 11 is 0. The molecule has 8 aromatic rings. The molecule has 4 heteroatoms. The number of para-hydroxylation sites is 2. The van der Waals surface area contributed by atoms with Crippen molar-refractivity contribution in [1.29, 1.82) is 0 Å². The Kier molecular flexibility index (Phi) is 6.77. The fraction of sp³-hybridized carbons (Fsp3) is 0.0667. The molecule has 0 atom stereocenters. The van der Waals surface area contributed by atoms with E-state index in [0.717, 1.165) is 22.6 Å². The van der Waals surface area contributed by atoms with Crippen LogP contribution in [0.2, 0.25) is 0 Å². The number of aromatic nitrogens is 3. The first-order chi connectivity index (χ1) is 24.1. The van der Waals surface area contributed by atoms with E-state index in [0.29, 0.717) is 0 Å². The van der Waals surface area contributed by atoms with Gasteiger partial charge in [-0.25, -0.2) is 0 Å². The lowest BCUT2D eigenvalue weighted by Gasteiger charge is -2.24. The van der Waals surface area contributed by atoms with Crippen molar-refractivity contribution in [3.8, 4) is 16.8 Å². The Morgan fingerprint density at radius 3 is 1.94 bits per heavy atom. The van der Waals surface area contributed by atoms with Crippen molar-refractivity contribution >= 4 is 51.0 Å². The van der Waals surface area contributed by atoms with E-state index in [1.165, 1.54) is 55.3 Å². The number of rotatable bonds is 6. The molecule has 0 amide bonds. The molecule has 5 aromatic carbocycles. The Morgan fingerprint density at radius 2 is 1.22 bits per heavy atom. The van der Waals surface area contributed by atoms with Crippen LogP contribution in [0.5, 0.6) is 0 Å². The van der Waals surface area contributed by atoms with Gasteiger partial charge in [0.2, 0.25) is 0 Å². The van der Waals surface area contributed by atoms with Crippen molar-refractivity contribution in [3.63, 3.8) is 0 Å². The summed E-state index contributed by atoms with van der Waals surface area (Å²) in [5, 5.41) is 2.59. The molecule has 0 radical (unpaired) electrons. The summed E-state index contributed by atoms with van der Waals surface area (Å²) < 4.78 is 2.46. The van der Waals surface area contributed by atoms with E-state index >= 15 is 0 Å². The van der Waals surface area contributed by atoms with Crippen LogP contribution in [-0.2, 0) is 5.41 Å². The highest BCUT2D eigenvalue weighted by atomic mass is 15.2. The predicted octanol–water partition coefficient (Wildman–Crippen LogP) is 11.5. The molecule has 4 nitrogen and oxygen atoms in total. The lowest BCUT2D eigenvalue weighted by atomic mass is 9.81. The van der Waals surface area contributed by atoms with Gasteiger partial charge in [0, 0.05) is 40.0 Å². The standard InChI is InChI=1S/C45H34N4/c1-45(2)41-28-32(17-16-31-18-21-34(22-19-31)48(35-12-8-26-46-29-35)36-13-9-27-47-30-36)20-23-37(41)39-24-25-40-38-14-6-7-15-42(38)49(44(40)43(39)45)33-10-4-3-5-11-33/h3-30H,1-2H3/b17-16+. The maximum absolute atomic E-state index is 4.35. The van der Waals surface area contributed by atoms with Crippen molar-refractivity contribution in [1.82, 2.24) is 14.5 Å². The molecule has 0 spiro atoms. The second-order valence-corrected chi connectivity index (χ2v) is 13.2. The third-order valence-corrected chi connectivity index (χ3v) is 9.91. The Balaban J connectivity index is 1.08. The first kappa shape index (κ1) is 28.9. The van der Waals surface area contributed by atoms with Crippen LogP contribution < -0.4 is 4.90 Å². The summed E-state index contributed by atoms with van der Waals surface area (Å²) in [7, 11) is 0. The van der Waals surface area contributed by atoms with Gasteiger partial charge < -0.3 is 9.47 Å². The Morgan fingerprint density at radius 1 is 0.571 bits per heavy atom. The topological polar surface area (TPSA) is 34.0 Å². The largest absolute Gasteiger partial charge is 0.309 e. The minimum atomic E-state index is -0.182. The zero-order chi connectivity index (χ0) is 33.0. The maximum Gasteiger partial charge on any atom is 0.0645 e. The maximum atomic E-state index is 4.35. The molecule has 0 fully saturated rings. The normalized spacial score (nSPS) is 13.2. The molecular formula is C45H34N4. The van der Waals surface area contributed by atoms with E-state index in [9.17, 15) is 0 Å². The summed E-state index contributed by atoms with van der Waals surface area (Å²) in [6.45, 7) is 4.76. The summed E-state index contributed by atoms with van der Waals surface area (Å²) in [5.74, 6) is 0. The molecule has 0 N–H and O–H groups in total. The van der Waals surface area contributed by atoms with E-state index in [2.05, 4.69) is 167 Å². The molecule has 0 saturated heterocycles. The summed E-state index contributed by atoms with van der Waals surface area (Å²) in [4.78, 5) is 10.9. The van der Waals surface area contributed by atoms with Gasteiger partial charge in [-0.3, -0.25) is 9.97 Å². The number of anilines is 3. The number of hydrogen-bond donors (Lipinski definition) is 0. The highest BCUT2D eigenvalue weighted by Crippen LogP contribution is 2.53. The molecule has 1 aliphatic carbocycles. The molecule has 0 bridgehead atoms. The number of nitrogens with zero attached hydrogens (tertiary/aromatic N) is 4. The van der Waals surface area contributed by atoms with Gasteiger partial charge in [0.1, 0.15) is 0 Å². The van der Waals surface area contributed by atoms with Crippen molar-refractivity contribution in [3.05, 3.63) is 181 Å². The van der Waals surface area contributed by atoms with E-state index in [-0.39, 0.29) is 5.41 Å². The third kappa shape index (κ3) is 4.76. The molecule has 49 heavy (non-hydrogen) atoms. The monoisotopic (exact) mass is 630 g/mol. The third-order valence-electron chi connectivity index (χ3n) is 9.91. The molecular weight excluding hydrogens is 597 g/mol. The van der Waals surface area contributed by atoms with Gasteiger partial charge in [-0.1, -0.05) is 105 Å². The predicted molar refractivity (Wildman–Crippen MR) is 204 cm³/mol. The number of pyridine rings is 2. The van der Waals surface area contributed by atoms with Crippen LogP contribution in [0.1, 0.15) is 36.1 Å². The molecule has 3 aromatic heterocycles. The zero-order valence-electron chi connectivity index (χ0n) is 27.5. The van der Waals surface area contributed by atoms with E-state index < -0.39 is 0 Å². The average molecular weight is 631 g/mol.